The molecule has 0 aromatic carbocycles. The highest BCUT2D eigenvalue weighted by atomic mass is 35.5. The Hall–Kier alpha value is -0.800. The zero-order valence-electron chi connectivity index (χ0n) is 9.58. The van der Waals surface area contributed by atoms with Crippen LogP contribution in [0.5, 0.6) is 0 Å². The van der Waals surface area contributed by atoms with Crippen molar-refractivity contribution in [3.05, 3.63) is 5.28 Å². The van der Waals surface area contributed by atoms with Crippen LogP contribution in [0.2, 0.25) is 5.28 Å². The van der Waals surface area contributed by atoms with E-state index < -0.39 is 15.2 Å². The number of nitrogens with zero attached hydrogens (tertiary/aromatic N) is 4. The molecule has 0 radical (unpaired) electrons. The molecule has 1 aliphatic heterocycles. The molecule has 0 aliphatic carbocycles. The zero-order chi connectivity index (χ0) is 13.3. The van der Waals surface area contributed by atoms with Gasteiger partial charge in [0.15, 0.2) is 9.84 Å². The molecule has 2 heterocycles. The third-order valence-electron chi connectivity index (χ3n) is 2.45. The molecule has 1 unspecified atom stereocenters. The van der Waals surface area contributed by atoms with Crippen molar-refractivity contribution in [2.75, 3.05) is 34.9 Å². The number of nitrogen functional groups attached to an aromatic ring is 1. The van der Waals surface area contributed by atoms with E-state index in [0.29, 0.717) is 12.3 Å². The number of sulfone groups is 1. The molecule has 0 bridgehead atoms. The van der Waals surface area contributed by atoms with Crippen LogP contribution in [0.15, 0.2) is 0 Å². The number of rotatable bonds is 2. The standard InChI is InChI=1S/C8H12ClN5O2S2/c1-18(15,16)5-4-17-3-2-14(5)8-12-6(9)11-7(10)13-8/h5H,2-4H2,1H3,(H2,10,11,12,13). The van der Waals surface area contributed by atoms with Crippen LogP contribution < -0.4 is 10.6 Å². The molecule has 2 N–H and O–H groups in total. The molecule has 0 spiro atoms. The highest BCUT2D eigenvalue weighted by molar-refractivity contribution is 8.01. The SMILES string of the molecule is CS(=O)(=O)C1CSCCN1c1nc(N)nc(Cl)n1. The monoisotopic (exact) mass is 309 g/mol. The lowest BCUT2D eigenvalue weighted by Crippen LogP contribution is -2.47. The third kappa shape index (κ3) is 2.96. The van der Waals surface area contributed by atoms with E-state index in [0.717, 1.165) is 5.75 Å². The molecule has 18 heavy (non-hydrogen) atoms. The first-order valence-electron chi connectivity index (χ1n) is 5.08. The minimum Gasteiger partial charge on any atom is -0.368 e. The second-order valence-electron chi connectivity index (χ2n) is 3.82. The first-order chi connectivity index (χ1) is 8.38. The van der Waals surface area contributed by atoms with Gasteiger partial charge in [0.2, 0.25) is 17.2 Å². The number of aromatic nitrogens is 3. The maximum atomic E-state index is 11.7. The highest BCUT2D eigenvalue weighted by Crippen LogP contribution is 2.24. The van der Waals surface area contributed by atoms with Gasteiger partial charge in [-0.05, 0) is 11.6 Å². The van der Waals surface area contributed by atoms with Gasteiger partial charge in [0, 0.05) is 24.3 Å². The summed E-state index contributed by atoms with van der Waals surface area (Å²) in [7, 11) is -3.23. The Bertz CT molecular complexity index is 532. The molecule has 1 fully saturated rings. The molecule has 1 aromatic heterocycles. The molecule has 1 aliphatic rings. The lowest BCUT2D eigenvalue weighted by atomic mass is 10.5. The first kappa shape index (κ1) is 13.6. The van der Waals surface area contributed by atoms with Gasteiger partial charge >= 0.3 is 0 Å². The van der Waals surface area contributed by atoms with Gasteiger partial charge in [-0.25, -0.2) is 8.42 Å². The molecule has 100 valence electrons. The lowest BCUT2D eigenvalue weighted by Gasteiger charge is -2.33. The Kier molecular flexibility index (Phi) is 3.83. The van der Waals surface area contributed by atoms with Crippen LogP contribution >= 0.6 is 23.4 Å². The van der Waals surface area contributed by atoms with Gasteiger partial charge in [-0.1, -0.05) is 0 Å². The summed E-state index contributed by atoms with van der Waals surface area (Å²) in [6, 6.07) is 0. The van der Waals surface area contributed by atoms with Gasteiger partial charge < -0.3 is 10.6 Å². The molecule has 2 rings (SSSR count). The second-order valence-corrected chi connectivity index (χ2v) is 7.51. The van der Waals surface area contributed by atoms with E-state index >= 15 is 0 Å². The number of halogens is 1. The van der Waals surface area contributed by atoms with E-state index in [1.165, 1.54) is 6.26 Å². The number of anilines is 2. The summed E-state index contributed by atoms with van der Waals surface area (Å²) in [4.78, 5) is 13.1. The summed E-state index contributed by atoms with van der Waals surface area (Å²) in [6.45, 7) is 0.530. The van der Waals surface area contributed by atoms with E-state index in [9.17, 15) is 8.42 Å². The molecule has 7 nitrogen and oxygen atoms in total. The Morgan fingerprint density at radius 1 is 1.44 bits per heavy atom. The summed E-state index contributed by atoms with van der Waals surface area (Å²) in [6.07, 6.45) is 1.20. The molecular formula is C8H12ClN5O2S2. The van der Waals surface area contributed by atoms with Gasteiger partial charge in [0.1, 0.15) is 5.37 Å². The normalized spacial score (nSPS) is 21.0. The summed E-state index contributed by atoms with van der Waals surface area (Å²) in [5, 5.41) is -0.697. The lowest BCUT2D eigenvalue weighted by molar-refractivity contribution is 0.582. The third-order valence-corrected chi connectivity index (χ3v) is 5.26. The molecule has 1 saturated heterocycles. The maximum absolute atomic E-state index is 11.7. The van der Waals surface area contributed by atoms with Gasteiger partial charge in [-0.3, -0.25) is 0 Å². The van der Waals surface area contributed by atoms with E-state index in [1.807, 2.05) is 0 Å². The molecule has 0 saturated carbocycles. The van der Waals surface area contributed by atoms with Crippen LogP contribution in [0.25, 0.3) is 0 Å². The fourth-order valence-electron chi connectivity index (χ4n) is 1.65. The van der Waals surface area contributed by atoms with Crippen LogP contribution in [0.1, 0.15) is 0 Å². The number of nitrogens with two attached hydrogens (primary N) is 1. The zero-order valence-corrected chi connectivity index (χ0v) is 12.0. The van der Waals surface area contributed by atoms with Gasteiger partial charge in [0.25, 0.3) is 0 Å². The Labute approximate surface area is 114 Å². The van der Waals surface area contributed by atoms with Crippen molar-refractivity contribution >= 4 is 45.1 Å². The summed E-state index contributed by atoms with van der Waals surface area (Å²) >= 11 is 7.29. The predicted molar refractivity (Wildman–Crippen MR) is 72.6 cm³/mol. The van der Waals surface area contributed by atoms with E-state index in [4.69, 9.17) is 17.3 Å². The van der Waals surface area contributed by atoms with E-state index in [2.05, 4.69) is 15.0 Å². The van der Waals surface area contributed by atoms with Crippen LogP contribution in [-0.2, 0) is 9.84 Å². The first-order valence-corrected chi connectivity index (χ1v) is 8.57. The molecule has 10 heteroatoms. The van der Waals surface area contributed by atoms with Gasteiger partial charge in [-0.15, -0.1) is 0 Å². The van der Waals surface area contributed by atoms with Crippen molar-refractivity contribution in [1.29, 1.82) is 0 Å². The number of thioether (sulfide) groups is 1. The van der Waals surface area contributed by atoms with Crippen molar-refractivity contribution in [3.8, 4) is 0 Å². The quantitative estimate of drug-likeness (QED) is 0.816. The topological polar surface area (TPSA) is 102 Å². The van der Waals surface area contributed by atoms with Crippen LogP contribution in [0.4, 0.5) is 11.9 Å². The van der Waals surface area contributed by atoms with Crippen LogP contribution in [0.3, 0.4) is 0 Å². The summed E-state index contributed by atoms with van der Waals surface area (Å²) < 4.78 is 23.5. The fourth-order valence-corrected chi connectivity index (χ4v) is 4.62. The molecular weight excluding hydrogens is 298 g/mol. The average molecular weight is 310 g/mol. The second kappa shape index (κ2) is 5.06. The Balaban J connectivity index is 2.40. The Morgan fingerprint density at radius 3 is 2.78 bits per heavy atom. The van der Waals surface area contributed by atoms with Crippen molar-refractivity contribution in [2.24, 2.45) is 0 Å². The molecule has 1 aromatic rings. The predicted octanol–water partition coefficient (Wildman–Crippen LogP) is 0.0311. The largest absolute Gasteiger partial charge is 0.368 e. The fraction of sp³-hybridized carbons (Fsp3) is 0.625. The van der Waals surface area contributed by atoms with Crippen LogP contribution in [-0.4, -0.2) is 53.0 Å². The highest BCUT2D eigenvalue weighted by Gasteiger charge is 2.33. The number of hydrogen-bond donors (Lipinski definition) is 1. The minimum absolute atomic E-state index is 0.0181. The average Bonchev–Trinajstić information content (AvgIpc) is 2.26. The van der Waals surface area contributed by atoms with Crippen LogP contribution in [0, 0.1) is 0 Å². The van der Waals surface area contributed by atoms with Crippen molar-refractivity contribution in [1.82, 2.24) is 15.0 Å². The smallest absolute Gasteiger partial charge is 0.232 e. The van der Waals surface area contributed by atoms with Gasteiger partial charge in [0.05, 0.1) is 0 Å². The van der Waals surface area contributed by atoms with E-state index in [-0.39, 0.29) is 17.2 Å². The van der Waals surface area contributed by atoms with Crippen molar-refractivity contribution in [2.45, 2.75) is 5.37 Å². The molecule has 1 atom stereocenters. The Morgan fingerprint density at radius 2 is 2.17 bits per heavy atom. The van der Waals surface area contributed by atoms with Crippen molar-refractivity contribution < 1.29 is 8.42 Å². The minimum atomic E-state index is -3.23. The van der Waals surface area contributed by atoms with Crippen molar-refractivity contribution in [3.63, 3.8) is 0 Å². The van der Waals surface area contributed by atoms with E-state index in [1.54, 1.807) is 16.7 Å². The number of hydrogen-bond acceptors (Lipinski definition) is 8. The maximum Gasteiger partial charge on any atom is 0.232 e. The summed E-state index contributed by atoms with van der Waals surface area (Å²) in [5.74, 6) is 1.47. The summed E-state index contributed by atoms with van der Waals surface area (Å²) in [5.41, 5.74) is 5.49. The molecule has 0 amide bonds. The van der Waals surface area contributed by atoms with Gasteiger partial charge in [-0.2, -0.15) is 26.7 Å².